The van der Waals surface area contributed by atoms with Crippen LogP contribution < -0.4 is 4.90 Å². The van der Waals surface area contributed by atoms with Crippen LogP contribution in [0.2, 0.25) is 0 Å². The lowest BCUT2D eigenvalue weighted by atomic mass is 10.2. The van der Waals surface area contributed by atoms with Gasteiger partial charge in [-0.05, 0) is 18.2 Å². The summed E-state index contributed by atoms with van der Waals surface area (Å²) in [6.07, 6.45) is 3.30. The Balaban J connectivity index is 1.44. The highest BCUT2D eigenvalue weighted by molar-refractivity contribution is 5.94. The molecule has 3 aromatic rings. The SMILES string of the molecule is O=C(c1cnn(-c2ccccc2)c1)N1CCN(c2ccccc2[N+](=O)[O-])CC1. The summed E-state index contributed by atoms with van der Waals surface area (Å²) < 4.78 is 1.68. The molecule has 2 heterocycles. The van der Waals surface area contributed by atoms with E-state index >= 15 is 0 Å². The van der Waals surface area contributed by atoms with Crippen molar-refractivity contribution < 1.29 is 9.72 Å². The Hall–Kier alpha value is -3.68. The molecule has 1 aliphatic rings. The van der Waals surface area contributed by atoms with Crippen LogP contribution in [0.4, 0.5) is 11.4 Å². The topological polar surface area (TPSA) is 84.5 Å². The quantitative estimate of drug-likeness (QED) is 0.516. The summed E-state index contributed by atoms with van der Waals surface area (Å²) in [7, 11) is 0. The van der Waals surface area contributed by atoms with Crippen LogP contribution in [0, 0.1) is 10.1 Å². The molecule has 0 spiro atoms. The van der Waals surface area contributed by atoms with E-state index in [-0.39, 0.29) is 16.5 Å². The molecule has 1 saturated heterocycles. The van der Waals surface area contributed by atoms with Crippen molar-refractivity contribution in [1.29, 1.82) is 0 Å². The molecule has 1 fully saturated rings. The van der Waals surface area contributed by atoms with Crippen molar-refractivity contribution in [1.82, 2.24) is 14.7 Å². The second-order valence-electron chi connectivity index (χ2n) is 6.53. The van der Waals surface area contributed by atoms with E-state index in [1.54, 1.807) is 40.2 Å². The fourth-order valence-corrected chi connectivity index (χ4v) is 3.37. The summed E-state index contributed by atoms with van der Waals surface area (Å²) in [6, 6.07) is 16.3. The van der Waals surface area contributed by atoms with Gasteiger partial charge >= 0.3 is 0 Å². The smallest absolute Gasteiger partial charge is 0.292 e. The second-order valence-corrected chi connectivity index (χ2v) is 6.53. The van der Waals surface area contributed by atoms with E-state index in [0.717, 1.165) is 5.69 Å². The lowest BCUT2D eigenvalue weighted by Gasteiger charge is -2.35. The summed E-state index contributed by atoms with van der Waals surface area (Å²) in [5, 5.41) is 15.5. The van der Waals surface area contributed by atoms with Crippen molar-refractivity contribution in [3.63, 3.8) is 0 Å². The summed E-state index contributed by atoms with van der Waals surface area (Å²) in [6.45, 7) is 2.09. The maximum absolute atomic E-state index is 12.8. The van der Waals surface area contributed by atoms with E-state index in [1.165, 1.54) is 6.07 Å². The van der Waals surface area contributed by atoms with Crippen molar-refractivity contribution in [2.45, 2.75) is 0 Å². The molecule has 0 unspecified atom stereocenters. The standard InChI is InChI=1S/C20H19N5O3/c26-20(16-14-21-24(15-16)17-6-2-1-3-7-17)23-12-10-22(11-13-23)18-8-4-5-9-19(18)25(27)28/h1-9,14-15H,10-13H2. The first-order valence-electron chi connectivity index (χ1n) is 9.01. The number of hydrogen-bond acceptors (Lipinski definition) is 5. The number of para-hydroxylation sites is 3. The maximum atomic E-state index is 12.8. The molecule has 0 bridgehead atoms. The molecule has 0 atom stereocenters. The van der Waals surface area contributed by atoms with Crippen LogP contribution in [0.5, 0.6) is 0 Å². The predicted octanol–water partition coefficient (Wildman–Crippen LogP) is 2.74. The van der Waals surface area contributed by atoms with E-state index in [4.69, 9.17) is 0 Å². The first kappa shape index (κ1) is 17.7. The van der Waals surface area contributed by atoms with Crippen LogP contribution in [0.1, 0.15) is 10.4 Å². The average molecular weight is 377 g/mol. The molecule has 1 aliphatic heterocycles. The number of aromatic nitrogens is 2. The van der Waals surface area contributed by atoms with Crippen molar-refractivity contribution >= 4 is 17.3 Å². The minimum atomic E-state index is -0.370. The highest BCUT2D eigenvalue weighted by Crippen LogP contribution is 2.28. The molecular formula is C20H19N5O3. The van der Waals surface area contributed by atoms with Crippen LogP contribution in [0.25, 0.3) is 5.69 Å². The van der Waals surface area contributed by atoms with Crippen molar-refractivity contribution in [3.05, 3.63) is 82.7 Å². The van der Waals surface area contributed by atoms with Gasteiger partial charge in [0.15, 0.2) is 0 Å². The highest BCUT2D eigenvalue weighted by Gasteiger charge is 2.26. The summed E-state index contributed by atoms with van der Waals surface area (Å²) in [4.78, 5) is 27.4. The molecule has 8 nitrogen and oxygen atoms in total. The van der Waals surface area contributed by atoms with E-state index in [9.17, 15) is 14.9 Å². The maximum Gasteiger partial charge on any atom is 0.292 e. The molecule has 142 valence electrons. The number of amides is 1. The Morgan fingerprint density at radius 1 is 0.964 bits per heavy atom. The largest absolute Gasteiger partial charge is 0.362 e. The lowest BCUT2D eigenvalue weighted by Crippen LogP contribution is -2.48. The first-order valence-corrected chi connectivity index (χ1v) is 9.01. The minimum Gasteiger partial charge on any atom is -0.362 e. The van der Waals surface area contributed by atoms with Gasteiger partial charge in [0.05, 0.1) is 22.4 Å². The molecule has 0 N–H and O–H groups in total. The zero-order valence-electron chi connectivity index (χ0n) is 15.1. The second kappa shape index (κ2) is 7.51. The fourth-order valence-electron chi connectivity index (χ4n) is 3.37. The Morgan fingerprint density at radius 2 is 1.64 bits per heavy atom. The molecule has 4 rings (SSSR count). The van der Waals surface area contributed by atoms with Gasteiger partial charge in [0.1, 0.15) is 5.69 Å². The van der Waals surface area contributed by atoms with Gasteiger partial charge in [-0.15, -0.1) is 0 Å². The van der Waals surface area contributed by atoms with Crippen molar-refractivity contribution in [2.24, 2.45) is 0 Å². The number of piperazine rings is 1. The van der Waals surface area contributed by atoms with Crippen molar-refractivity contribution in [3.8, 4) is 5.69 Å². The third kappa shape index (κ3) is 3.44. The average Bonchev–Trinajstić information content (AvgIpc) is 3.24. The Bertz CT molecular complexity index is 994. The summed E-state index contributed by atoms with van der Waals surface area (Å²) in [5.74, 6) is -0.0793. The minimum absolute atomic E-state index is 0.0793. The third-order valence-corrected chi connectivity index (χ3v) is 4.84. The van der Waals surface area contributed by atoms with E-state index in [1.807, 2.05) is 35.2 Å². The Kier molecular flexibility index (Phi) is 4.76. The zero-order valence-corrected chi connectivity index (χ0v) is 15.1. The number of hydrogen-bond donors (Lipinski definition) is 0. The molecule has 1 aromatic heterocycles. The normalized spacial score (nSPS) is 14.1. The van der Waals surface area contributed by atoms with Gasteiger partial charge in [-0.2, -0.15) is 5.10 Å². The number of nitro benzene ring substituents is 1. The van der Waals surface area contributed by atoms with Crippen LogP contribution in [0.3, 0.4) is 0 Å². The molecule has 0 radical (unpaired) electrons. The lowest BCUT2D eigenvalue weighted by molar-refractivity contribution is -0.384. The van der Waals surface area contributed by atoms with Gasteiger partial charge in [-0.25, -0.2) is 4.68 Å². The van der Waals surface area contributed by atoms with Crippen LogP contribution in [-0.4, -0.2) is 51.7 Å². The number of rotatable bonds is 4. The van der Waals surface area contributed by atoms with E-state index in [2.05, 4.69) is 5.10 Å². The first-order chi connectivity index (χ1) is 13.6. The zero-order chi connectivity index (χ0) is 19.5. The molecule has 28 heavy (non-hydrogen) atoms. The van der Waals surface area contributed by atoms with Gasteiger partial charge in [0, 0.05) is 38.4 Å². The fraction of sp³-hybridized carbons (Fsp3) is 0.200. The molecular weight excluding hydrogens is 358 g/mol. The van der Waals surface area contributed by atoms with Gasteiger partial charge in [0.25, 0.3) is 11.6 Å². The Labute approximate surface area is 161 Å². The van der Waals surface area contributed by atoms with Gasteiger partial charge in [0.2, 0.25) is 0 Å². The molecule has 0 saturated carbocycles. The van der Waals surface area contributed by atoms with E-state index < -0.39 is 0 Å². The number of nitrogens with zero attached hydrogens (tertiary/aromatic N) is 5. The molecule has 1 amide bonds. The number of benzene rings is 2. The molecule has 8 heteroatoms. The van der Waals surface area contributed by atoms with Crippen LogP contribution in [0.15, 0.2) is 67.0 Å². The number of carbonyl (C=O) groups is 1. The van der Waals surface area contributed by atoms with Gasteiger partial charge in [-0.3, -0.25) is 14.9 Å². The number of anilines is 1. The Morgan fingerprint density at radius 3 is 2.36 bits per heavy atom. The highest BCUT2D eigenvalue weighted by atomic mass is 16.6. The summed E-state index contributed by atoms with van der Waals surface area (Å²) in [5.41, 5.74) is 2.11. The predicted molar refractivity (Wildman–Crippen MR) is 105 cm³/mol. The van der Waals surface area contributed by atoms with Crippen LogP contribution in [-0.2, 0) is 0 Å². The monoisotopic (exact) mass is 377 g/mol. The third-order valence-electron chi connectivity index (χ3n) is 4.84. The number of nitro groups is 1. The molecule has 2 aromatic carbocycles. The molecule has 0 aliphatic carbocycles. The van der Waals surface area contributed by atoms with E-state index in [0.29, 0.717) is 37.4 Å². The number of carbonyl (C=O) groups excluding carboxylic acids is 1. The summed E-state index contributed by atoms with van der Waals surface area (Å²) >= 11 is 0. The van der Waals surface area contributed by atoms with Gasteiger partial charge in [-0.1, -0.05) is 30.3 Å². The van der Waals surface area contributed by atoms with Gasteiger partial charge < -0.3 is 9.80 Å². The van der Waals surface area contributed by atoms with Crippen molar-refractivity contribution in [2.75, 3.05) is 31.1 Å². The van der Waals surface area contributed by atoms with Crippen LogP contribution >= 0.6 is 0 Å².